The molecule has 1 aromatic rings. The van der Waals surface area contributed by atoms with Crippen molar-refractivity contribution in [2.45, 2.75) is 34.1 Å². The average Bonchev–Trinajstić information content (AvgIpc) is 2.12. The van der Waals surface area contributed by atoms with E-state index in [1.54, 1.807) is 6.92 Å². The van der Waals surface area contributed by atoms with Crippen molar-refractivity contribution >= 4 is 11.7 Å². The third-order valence-electron chi connectivity index (χ3n) is 1.93. The first kappa shape index (κ1) is 12.4. The lowest BCUT2D eigenvalue weighted by Crippen LogP contribution is -2.11. The maximum absolute atomic E-state index is 11.1. The molecular formula is C11H18N4O. The molecule has 0 fully saturated rings. The highest BCUT2D eigenvalue weighted by Crippen LogP contribution is 2.02. The highest BCUT2D eigenvalue weighted by atomic mass is 16.1. The molecule has 0 bridgehead atoms. The molecule has 0 atom stereocenters. The molecular weight excluding hydrogens is 204 g/mol. The number of nitrogens with zero attached hydrogens (tertiary/aromatic N) is 2. The van der Waals surface area contributed by atoms with Crippen LogP contribution in [0.3, 0.4) is 0 Å². The van der Waals surface area contributed by atoms with Gasteiger partial charge in [0, 0.05) is 17.5 Å². The molecule has 0 aliphatic carbocycles. The fraction of sp³-hybridized carbons (Fsp3) is 0.545. The molecule has 0 spiro atoms. The van der Waals surface area contributed by atoms with Crippen molar-refractivity contribution in [1.29, 1.82) is 0 Å². The van der Waals surface area contributed by atoms with Crippen LogP contribution >= 0.6 is 0 Å². The SMILES string of the molecule is C/C(CC(C)C)=N\Nc1nc(C)cc(=O)[nH]1. The van der Waals surface area contributed by atoms with Gasteiger partial charge in [-0.1, -0.05) is 13.8 Å². The Morgan fingerprint density at radius 3 is 2.88 bits per heavy atom. The number of rotatable bonds is 4. The van der Waals surface area contributed by atoms with Crippen LogP contribution in [0.5, 0.6) is 0 Å². The van der Waals surface area contributed by atoms with Crippen molar-refractivity contribution in [3.63, 3.8) is 0 Å². The van der Waals surface area contributed by atoms with E-state index in [1.807, 2.05) is 6.92 Å². The Morgan fingerprint density at radius 2 is 2.31 bits per heavy atom. The highest BCUT2D eigenvalue weighted by molar-refractivity contribution is 5.82. The summed E-state index contributed by atoms with van der Waals surface area (Å²) in [5.74, 6) is 0.947. The zero-order chi connectivity index (χ0) is 12.1. The molecule has 1 heterocycles. The van der Waals surface area contributed by atoms with E-state index in [9.17, 15) is 4.79 Å². The van der Waals surface area contributed by atoms with Crippen LogP contribution in [0.15, 0.2) is 16.0 Å². The van der Waals surface area contributed by atoms with E-state index < -0.39 is 0 Å². The molecule has 5 heteroatoms. The van der Waals surface area contributed by atoms with E-state index in [4.69, 9.17) is 0 Å². The van der Waals surface area contributed by atoms with Gasteiger partial charge < -0.3 is 0 Å². The van der Waals surface area contributed by atoms with E-state index in [-0.39, 0.29) is 5.56 Å². The van der Waals surface area contributed by atoms with Gasteiger partial charge in [0.15, 0.2) is 0 Å². The summed E-state index contributed by atoms with van der Waals surface area (Å²) < 4.78 is 0. The fourth-order valence-electron chi connectivity index (χ4n) is 1.42. The molecule has 0 radical (unpaired) electrons. The monoisotopic (exact) mass is 222 g/mol. The van der Waals surface area contributed by atoms with Crippen LogP contribution in [0.4, 0.5) is 5.95 Å². The smallest absolute Gasteiger partial charge is 0.252 e. The first-order valence-electron chi connectivity index (χ1n) is 5.34. The number of anilines is 1. The van der Waals surface area contributed by atoms with Gasteiger partial charge >= 0.3 is 0 Å². The number of H-pyrrole nitrogens is 1. The molecule has 1 rings (SSSR count). The lowest BCUT2D eigenvalue weighted by atomic mass is 10.1. The molecule has 0 aromatic carbocycles. The van der Waals surface area contributed by atoms with E-state index in [2.05, 4.69) is 34.3 Å². The van der Waals surface area contributed by atoms with Gasteiger partial charge in [-0.25, -0.2) is 10.4 Å². The predicted molar refractivity (Wildman–Crippen MR) is 65.8 cm³/mol. The molecule has 0 aliphatic heterocycles. The van der Waals surface area contributed by atoms with Gasteiger partial charge in [0.05, 0.1) is 0 Å². The summed E-state index contributed by atoms with van der Waals surface area (Å²) in [7, 11) is 0. The van der Waals surface area contributed by atoms with Crippen molar-refractivity contribution in [3.8, 4) is 0 Å². The summed E-state index contributed by atoms with van der Waals surface area (Å²) in [5.41, 5.74) is 4.23. The van der Waals surface area contributed by atoms with Crippen LogP contribution in [-0.4, -0.2) is 15.7 Å². The van der Waals surface area contributed by atoms with E-state index in [1.165, 1.54) is 6.07 Å². The fourth-order valence-corrected chi connectivity index (χ4v) is 1.42. The van der Waals surface area contributed by atoms with Gasteiger partial charge in [-0.05, 0) is 26.2 Å². The standard InChI is InChI=1S/C11H18N4O/c1-7(2)5-9(4)14-15-11-12-8(3)6-10(16)13-11/h6-7H,5H2,1-4H3,(H2,12,13,15,16)/b14-9+. The quantitative estimate of drug-likeness (QED) is 0.604. The number of aromatic nitrogens is 2. The van der Waals surface area contributed by atoms with Crippen LogP contribution in [0.2, 0.25) is 0 Å². The Labute approximate surface area is 95.0 Å². The van der Waals surface area contributed by atoms with Gasteiger partial charge in [0.25, 0.3) is 5.56 Å². The van der Waals surface area contributed by atoms with E-state index >= 15 is 0 Å². The van der Waals surface area contributed by atoms with Crippen molar-refractivity contribution in [2.24, 2.45) is 11.0 Å². The summed E-state index contributed by atoms with van der Waals surface area (Å²) in [4.78, 5) is 17.8. The Bertz CT molecular complexity index is 434. The van der Waals surface area contributed by atoms with Crippen molar-refractivity contribution in [2.75, 3.05) is 5.43 Å². The number of hydrazone groups is 1. The summed E-state index contributed by atoms with van der Waals surface area (Å²) in [6.45, 7) is 7.98. The molecule has 0 unspecified atom stereocenters. The second-order valence-corrected chi connectivity index (χ2v) is 4.29. The summed E-state index contributed by atoms with van der Waals surface area (Å²) in [5, 5.41) is 4.15. The predicted octanol–water partition coefficient (Wildman–Crippen LogP) is 1.91. The van der Waals surface area contributed by atoms with Crippen molar-refractivity contribution in [3.05, 3.63) is 22.1 Å². The van der Waals surface area contributed by atoms with Gasteiger partial charge in [-0.2, -0.15) is 5.10 Å². The van der Waals surface area contributed by atoms with Crippen LogP contribution in [0, 0.1) is 12.8 Å². The second-order valence-electron chi connectivity index (χ2n) is 4.29. The number of nitrogens with one attached hydrogen (secondary N) is 2. The van der Waals surface area contributed by atoms with Crippen molar-refractivity contribution < 1.29 is 0 Å². The number of aryl methyl sites for hydroxylation is 1. The van der Waals surface area contributed by atoms with E-state index in [0.717, 1.165) is 12.1 Å². The maximum atomic E-state index is 11.1. The number of hydrogen-bond donors (Lipinski definition) is 2. The third kappa shape index (κ3) is 4.25. The molecule has 5 nitrogen and oxygen atoms in total. The van der Waals surface area contributed by atoms with Crippen molar-refractivity contribution in [1.82, 2.24) is 9.97 Å². The third-order valence-corrected chi connectivity index (χ3v) is 1.93. The lowest BCUT2D eigenvalue weighted by Gasteiger charge is -2.05. The topological polar surface area (TPSA) is 70.1 Å². The minimum atomic E-state index is -0.174. The second kappa shape index (κ2) is 5.44. The maximum Gasteiger partial charge on any atom is 0.252 e. The molecule has 88 valence electrons. The van der Waals surface area contributed by atoms with Gasteiger partial charge in [0.1, 0.15) is 0 Å². The molecule has 16 heavy (non-hydrogen) atoms. The minimum Gasteiger partial charge on any atom is -0.291 e. The largest absolute Gasteiger partial charge is 0.291 e. The van der Waals surface area contributed by atoms with Gasteiger partial charge in [0.2, 0.25) is 5.95 Å². The van der Waals surface area contributed by atoms with Gasteiger partial charge in [-0.15, -0.1) is 0 Å². The van der Waals surface area contributed by atoms with Crippen LogP contribution < -0.4 is 11.0 Å². The summed E-state index contributed by atoms with van der Waals surface area (Å²) in [6.07, 6.45) is 0.920. The molecule has 0 saturated carbocycles. The van der Waals surface area contributed by atoms with Crippen LogP contribution in [0.1, 0.15) is 32.9 Å². The first-order valence-corrected chi connectivity index (χ1v) is 5.34. The Balaban J connectivity index is 2.70. The lowest BCUT2D eigenvalue weighted by molar-refractivity contribution is 0.681. The van der Waals surface area contributed by atoms with Crippen LogP contribution in [-0.2, 0) is 0 Å². The molecule has 1 aromatic heterocycles. The summed E-state index contributed by atoms with van der Waals surface area (Å²) >= 11 is 0. The number of hydrogen-bond acceptors (Lipinski definition) is 4. The molecule has 0 saturated heterocycles. The number of aromatic amines is 1. The summed E-state index contributed by atoms with van der Waals surface area (Å²) in [6, 6.07) is 1.44. The minimum absolute atomic E-state index is 0.174. The average molecular weight is 222 g/mol. The molecule has 2 N–H and O–H groups in total. The first-order chi connectivity index (χ1) is 7.47. The zero-order valence-electron chi connectivity index (χ0n) is 10.2. The zero-order valence-corrected chi connectivity index (χ0v) is 10.2. The normalized spacial score (nSPS) is 11.9. The Kier molecular flexibility index (Phi) is 4.22. The molecule has 0 aliphatic rings. The van der Waals surface area contributed by atoms with E-state index in [0.29, 0.717) is 17.6 Å². The van der Waals surface area contributed by atoms with Gasteiger partial charge in [-0.3, -0.25) is 9.78 Å². The Hall–Kier alpha value is -1.65. The Morgan fingerprint density at radius 1 is 1.62 bits per heavy atom. The van der Waals surface area contributed by atoms with Crippen LogP contribution in [0.25, 0.3) is 0 Å². The molecule has 0 amide bonds. The highest BCUT2D eigenvalue weighted by Gasteiger charge is 1.99.